The molecule has 4 aromatic carbocycles. The number of aromatic nitrogens is 1. The van der Waals surface area contributed by atoms with Gasteiger partial charge in [0.15, 0.2) is 4.80 Å². The van der Waals surface area contributed by atoms with Gasteiger partial charge in [-0.15, -0.1) is 0 Å². The van der Waals surface area contributed by atoms with Gasteiger partial charge in [0.05, 0.1) is 30.0 Å². The topological polar surface area (TPSA) is 82.4 Å². The van der Waals surface area contributed by atoms with Gasteiger partial charge < -0.3 is 19.1 Å². The van der Waals surface area contributed by atoms with Gasteiger partial charge in [-0.3, -0.25) is 14.2 Å². The summed E-state index contributed by atoms with van der Waals surface area (Å²) in [6.07, 6.45) is 1.85. The Kier molecular flexibility index (Phi) is 9.26. The Bertz CT molecular complexity index is 2160. The Morgan fingerprint density at radius 3 is 2.38 bits per heavy atom. The standard InChI is InChI=1S/C38H37N3O5S/c1-6-40(7-2)37(43)34-24(3)39-38-41(35(34)31-22-29(44-4)19-20-32(31)45-5)36(42)33(47-38)21-25-15-17-28(18-16-25)46-23-27-13-10-12-26-11-8-9-14-30(26)27/h8-22,35H,6-7,23H2,1-5H3/b33-21+/t35-/m0/s1. The largest absolute Gasteiger partial charge is 0.497 e. The number of methoxy groups -OCH3 is 2. The van der Waals surface area contributed by atoms with Crippen LogP contribution < -0.4 is 29.1 Å². The normalized spacial score (nSPS) is 14.5. The number of amides is 1. The molecular weight excluding hydrogens is 611 g/mol. The molecule has 1 atom stereocenters. The van der Waals surface area contributed by atoms with Crippen molar-refractivity contribution in [3.05, 3.63) is 133 Å². The van der Waals surface area contributed by atoms with E-state index in [-0.39, 0.29) is 11.5 Å². The number of likely N-dealkylation sites (N-methyl/N-ethyl adjacent to an activating group) is 1. The number of thiazole rings is 1. The third kappa shape index (κ3) is 6.18. The minimum Gasteiger partial charge on any atom is -0.497 e. The zero-order valence-corrected chi connectivity index (χ0v) is 28.0. The lowest BCUT2D eigenvalue weighted by molar-refractivity contribution is -0.127. The highest BCUT2D eigenvalue weighted by molar-refractivity contribution is 7.07. The van der Waals surface area contributed by atoms with Crippen molar-refractivity contribution >= 4 is 34.1 Å². The van der Waals surface area contributed by atoms with E-state index >= 15 is 0 Å². The van der Waals surface area contributed by atoms with Gasteiger partial charge in [0, 0.05) is 18.7 Å². The first kappa shape index (κ1) is 31.8. The molecule has 0 saturated carbocycles. The van der Waals surface area contributed by atoms with Crippen molar-refractivity contribution in [2.45, 2.75) is 33.4 Å². The lowest BCUT2D eigenvalue weighted by atomic mass is 9.93. The summed E-state index contributed by atoms with van der Waals surface area (Å²) >= 11 is 1.29. The second-order valence-electron chi connectivity index (χ2n) is 11.2. The summed E-state index contributed by atoms with van der Waals surface area (Å²) in [5.74, 6) is 1.70. The molecule has 6 rings (SSSR count). The van der Waals surface area contributed by atoms with E-state index < -0.39 is 6.04 Å². The maximum Gasteiger partial charge on any atom is 0.271 e. The number of allylic oxidation sites excluding steroid dienone is 1. The van der Waals surface area contributed by atoms with E-state index in [9.17, 15) is 9.59 Å². The summed E-state index contributed by atoms with van der Waals surface area (Å²) in [6.45, 7) is 7.20. The Hall–Kier alpha value is -5.15. The Morgan fingerprint density at radius 2 is 1.66 bits per heavy atom. The van der Waals surface area contributed by atoms with Crippen LogP contribution in [0.5, 0.6) is 17.2 Å². The molecule has 0 unspecified atom stereocenters. The van der Waals surface area contributed by atoms with E-state index in [1.807, 2.05) is 75.4 Å². The summed E-state index contributed by atoms with van der Waals surface area (Å²) in [4.78, 5) is 35.2. The molecule has 0 radical (unpaired) electrons. The van der Waals surface area contributed by atoms with Crippen molar-refractivity contribution in [3.63, 3.8) is 0 Å². The van der Waals surface area contributed by atoms with Gasteiger partial charge in [-0.2, -0.15) is 0 Å². The van der Waals surface area contributed by atoms with Gasteiger partial charge in [0.25, 0.3) is 11.5 Å². The number of benzene rings is 4. The van der Waals surface area contributed by atoms with Crippen LogP contribution in [0.15, 0.2) is 106 Å². The van der Waals surface area contributed by atoms with Crippen LogP contribution in [0.25, 0.3) is 16.8 Å². The van der Waals surface area contributed by atoms with Crippen LogP contribution in [0, 0.1) is 0 Å². The maximum absolute atomic E-state index is 14.2. The summed E-state index contributed by atoms with van der Waals surface area (Å²) in [7, 11) is 3.16. The molecular formula is C38H37N3O5S. The molecule has 0 N–H and O–H groups in total. The predicted molar refractivity (Wildman–Crippen MR) is 186 cm³/mol. The number of hydrogen-bond acceptors (Lipinski definition) is 7. The number of ether oxygens (including phenoxy) is 3. The van der Waals surface area contributed by atoms with E-state index in [1.165, 1.54) is 22.1 Å². The van der Waals surface area contributed by atoms with Gasteiger partial charge in [0.1, 0.15) is 29.9 Å². The zero-order chi connectivity index (χ0) is 33.1. The van der Waals surface area contributed by atoms with Crippen molar-refractivity contribution in [1.29, 1.82) is 0 Å². The molecule has 0 saturated heterocycles. The van der Waals surface area contributed by atoms with Gasteiger partial charge in [-0.05, 0) is 79.1 Å². The van der Waals surface area contributed by atoms with E-state index in [2.05, 4.69) is 24.3 Å². The number of carbonyl (C=O) groups excluding carboxylic acids is 1. The third-order valence-corrected chi connectivity index (χ3v) is 9.47. The second kappa shape index (κ2) is 13.7. The first-order valence-electron chi connectivity index (χ1n) is 15.6. The van der Waals surface area contributed by atoms with E-state index in [0.717, 1.165) is 16.9 Å². The second-order valence-corrected chi connectivity index (χ2v) is 12.2. The molecule has 1 amide bonds. The number of nitrogens with zero attached hydrogens (tertiary/aromatic N) is 3. The van der Waals surface area contributed by atoms with Crippen LogP contribution in [-0.2, 0) is 11.4 Å². The smallest absolute Gasteiger partial charge is 0.271 e. The van der Waals surface area contributed by atoms with Gasteiger partial charge in [0.2, 0.25) is 0 Å². The minimum atomic E-state index is -0.753. The van der Waals surface area contributed by atoms with Gasteiger partial charge in [-0.25, -0.2) is 4.99 Å². The average Bonchev–Trinajstić information content (AvgIpc) is 3.40. The van der Waals surface area contributed by atoms with E-state index in [1.54, 1.807) is 35.8 Å². The van der Waals surface area contributed by atoms with Crippen molar-refractivity contribution in [3.8, 4) is 17.2 Å². The first-order valence-corrected chi connectivity index (χ1v) is 16.4. The Balaban J connectivity index is 1.37. The number of fused-ring (bicyclic) bond motifs is 2. The fourth-order valence-corrected chi connectivity index (χ4v) is 7.06. The van der Waals surface area contributed by atoms with Crippen molar-refractivity contribution < 1.29 is 19.0 Å². The van der Waals surface area contributed by atoms with Crippen molar-refractivity contribution in [2.75, 3.05) is 27.3 Å². The van der Waals surface area contributed by atoms with Crippen LogP contribution in [0.3, 0.4) is 0 Å². The summed E-state index contributed by atoms with van der Waals surface area (Å²) in [5, 5.41) is 2.35. The molecule has 0 bridgehead atoms. The molecule has 0 fully saturated rings. The summed E-state index contributed by atoms with van der Waals surface area (Å²) in [5.41, 5.74) is 3.38. The molecule has 0 spiro atoms. The molecule has 2 heterocycles. The molecule has 1 aromatic heterocycles. The van der Waals surface area contributed by atoms with Crippen LogP contribution in [0.4, 0.5) is 0 Å². The fourth-order valence-electron chi connectivity index (χ4n) is 6.01. The van der Waals surface area contributed by atoms with Crippen molar-refractivity contribution in [1.82, 2.24) is 9.47 Å². The third-order valence-electron chi connectivity index (χ3n) is 8.49. The van der Waals surface area contributed by atoms with E-state index in [4.69, 9.17) is 19.2 Å². The maximum atomic E-state index is 14.2. The number of rotatable bonds is 10. The molecule has 5 aromatic rings. The van der Waals surface area contributed by atoms with Gasteiger partial charge in [-0.1, -0.05) is 65.9 Å². The van der Waals surface area contributed by atoms with Gasteiger partial charge >= 0.3 is 0 Å². The summed E-state index contributed by atoms with van der Waals surface area (Å²) < 4.78 is 19.5. The highest BCUT2D eigenvalue weighted by atomic mass is 32.1. The molecule has 9 heteroatoms. The molecule has 0 aliphatic carbocycles. The van der Waals surface area contributed by atoms with Crippen molar-refractivity contribution in [2.24, 2.45) is 4.99 Å². The summed E-state index contributed by atoms with van der Waals surface area (Å²) in [6, 6.07) is 26.8. The number of carbonyl (C=O) groups is 1. The average molecular weight is 648 g/mol. The van der Waals surface area contributed by atoms with Crippen LogP contribution >= 0.6 is 11.3 Å². The highest BCUT2D eigenvalue weighted by Crippen LogP contribution is 2.38. The lowest BCUT2D eigenvalue weighted by Gasteiger charge is -2.30. The molecule has 1 aliphatic rings. The first-order chi connectivity index (χ1) is 22.9. The molecule has 240 valence electrons. The monoisotopic (exact) mass is 647 g/mol. The predicted octanol–water partition coefficient (Wildman–Crippen LogP) is 5.85. The zero-order valence-electron chi connectivity index (χ0n) is 27.2. The molecule has 47 heavy (non-hydrogen) atoms. The minimum absolute atomic E-state index is 0.167. The lowest BCUT2D eigenvalue weighted by Crippen LogP contribution is -2.43. The van der Waals surface area contributed by atoms with E-state index in [0.29, 0.717) is 57.4 Å². The SMILES string of the molecule is CCN(CC)C(=O)C1=C(C)N=c2s/c(=C/c3ccc(OCc4cccc5ccccc45)cc3)c(=O)n2[C@H]1c1cc(OC)ccc1OC. The Morgan fingerprint density at radius 1 is 0.936 bits per heavy atom. The Labute approximate surface area is 277 Å². The van der Waals surface area contributed by atoms with Crippen LogP contribution in [-0.4, -0.2) is 42.7 Å². The molecule has 1 aliphatic heterocycles. The molecule has 8 nitrogen and oxygen atoms in total. The van der Waals surface area contributed by atoms with Crippen LogP contribution in [0.2, 0.25) is 0 Å². The number of hydrogen-bond donors (Lipinski definition) is 0. The fraction of sp³-hybridized carbons (Fsp3) is 0.237. The highest BCUT2D eigenvalue weighted by Gasteiger charge is 2.36. The van der Waals surface area contributed by atoms with Crippen LogP contribution in [0.1, 0.15) is 43.5 Å². The quantitative estimate of drug-likeness (QED) is 0.190.